The van der Waals surface area contributed by atoms with E-state index in [0.717, 1.165) is 5.56 Å². The summed E-state index contributed by atoms with van der Waals surface area (Å²) in [5, 5.41) is 10.5. The SMILES string of the molecule is CCOc1cc(/C=C2\SC(=Nc3ccc(C(=O)O)cc3)N(C)C2=O)cc(Cl)c1OCc1ccc(Cl)cc1. The Morgan fingerprint density at radius 3 is 2.43 bits per heavy atom. The van der Waals surface area contributed by atoms with Crippen molar-refractivity contribution in [1.82, 2.24) is 4.90 Å². The van der Waals surface area contributed by atoms with Gasteiger partial charge in [-0.05, 0) is 84.4 Å². The first kappa shape index (κ1) is 26.6. The van der Waals surface area contributed by atoms with Crippen LogP contribution in [0.25, 0.3) is 6.08 Å². The van der Waals surface area contributed by atoms with E-state index in [2.05, 4.69) is 4.99 Å². The minimum Gasteiger partial charge on any atom is -0.490 e. The van der Waals surface area contributed by atoms with Crippen molar-refractivity contribution >= 4 is 63.8 Å². The van der Waals surface area contributed by atoms with Crippen LogP contribution in [0, 0.1) is 0 Å². The molecule has 37 heavy (non-hydrogen) atoms. The zero-order valence-electron chi connectivity index (χ0n) is 19.9. The number of halogens is 2. The van der Waals surface area contributed by atoms with Gasteiger partial charge >= 0.3 is 5.97 Å². The number of rotatable bonds is 8. The van der Waals surface area contributed by atoms with Crippen molar-refractivity contribution in [3.8, 4) is 11.5 Å². The van der Waals surface area contributed by atoms with E-state index >= 15 is 0 Å². The number of benzene rings is 3. The number of amides is 1. The van der Waals surface area contributed by atoms with Crippen LogP contribution in [-0.4, -0.2) is 40.7 Å². The van der Waals surface area contributed by atoms with Crippen LogP contribution in [0.3, 0.4) is 0 Å². The van der Waals surface area contributed by atoms with Crippen molar-refractivity contribution in [1.29, 1.82) is 0 Å². The molecule has 0 atom stereocenters. The Bertz CT molecular complexity index is 1390. The van der Waals surface area contributed by atoms with Gasteiger partial charge < -0.3 is 14.6 Å². The molecule has 0 aromatic heterocycles. The predicted octanol–water partition coefficient (Wildman–Crippen LogP) is 6.90. The summed E-state index contributed by atoms with van der Waals surface area (Å²) in [4.78, 5) is 30.3. The largest absolute Gasteiger partial charge is 0.490 e. The van der Waals surface area contributed by atoms with E-state index in [0.29, 0.717) is 49.5 Å². The van der Waals surface area contributed by atoms with Crippen molar-refractivity contribution in [3.05, 3.63) is 92.3 Å². The number of carboxylic acid groups (broad SMARTS) is 1. The summed E-state index contributed by atoms with van der Waals surface area (Å²) in [7, 11) is 1.63. The summed E-state index contributed by atoms with van der Waals surface area (Å²) in [5.41, 5.74) is 2.30. The number of amidine groups is 1. The van der Waals surface area contributed by atoms with E-state index in [9.17, 15) is 9.59 Å². The second-order valence-electron chi connectivity index (χ2n) is 7.90. The number of carbonyl (C=O) groups is 2. The maximum Gasteiger partial charge on any atom is 0.335 e. The third-order valence-corrected chi connectivity index (χ3v) is 6.86. The molecule has 0 unspecified atom stereocenters. The van der Waals surface area contributed by atoms with Crippen LogP contribution in [0.5, 0.6) is 11.5 Å². The van der Waals surface area contributed by atoms with Crippen molar-refractivity contribution in [2.24, 2.45) is 4.99 Å². The maximum absolute atomic E-state index is 12.9. The summed E-state index contributed by atoms with van der Waals surface area (Å²) < 4.78 is 11.7. The lowest BCUT2D eigenvalue weighted by Gasteiger charge is -2.15. The lowest BCUT2D eigenvalue weighted by atomic mass is 10.1. The molecule has 1 amide bonds. The van der Waals surface area contributed by atoms with E-state index in [1.165, 1.54) is 28.8 Å². The standard InChI is InChI=1S/C27H22Cl2N2O5S/c1-3-35-22-13-17(12-21(29)24(22)36-15-16-4-8-19(28)9-5-16)14-23-25(32)31(2)27(37-23)30-20-10-6-18(7-11-20)26(33)34/h4-14H,3,15H2,1-2H3,(H,33,34)/b23-14-,30-27?. The van der Waals surface area contributed by atoms with E-state index in [4.69, 9.17) is 37.8 Å². The Hall–Kier alpha value is -3.46. The number of hydrogen-bond donors (Lipinski definition) is 1. The van der Waals surface area contributed by atoms with Gasteiger partial charge in [0, 0.05) is 12.1 Å². The van der Waals surface area contributed by atoms with E-state index in [1.807, 2.05) is 19.1 Å². The number of hydrogen-bond acceptors (Lipinski definition) is 6. The van der Waals surface area contributed by atoms with E-state index in [1.54, 1.807) is 49.5 Å². The van der Waals surface area contributed by atoms with Crippen LogP contribution in [-0.2, 0) is 11.4 Å². The zero-order valence-corrected chi connectivity index (χ0v) is 22.2. The Labute approximate surface area is 228 Å². The molecule has 0 saturated carbocycles. The van der Waals surface area contributed by atoms with Gasteiger partial charge in [-0.3, -0.25) is 9.69 Å². The van der Waals surface area contributed by atoms with Crippen LogP contribution < -0.4 is 9.47 Å². The molecule has 1 N–H and O–H groups in total. The van der Waals surface area contributed by atoms with Crippen LogP contribution >= 0.6 is 35.0 Å². The van der Waals surface area contributed by atoms with Gasteiger partial charge in [0.1, 0.15) is 6.61 Å². The molecule has 0 aliphatic carbocycles. The molecule has 3 aromatic carbocycles. The fraction of sp³-hybridized carbons (Fsp3) is 0.148. The monoisotopic (exact) mass is 556 g/mol. The quantitative estimate of drug-likeness (QED) is 0.303. The van der Waals surface area contributed by atoms with Crippen LogP contribution in [0.15, 0.2) is 70.6 Å². The van der Waals surface area contributed by atoms with Crippen LogP contribution in [0.2, 0.25) is 10.0 Å². The number of carboxylic acids is 1. The molecule has 10 heteroatoms. The van der Waals surface area contributed by atoms with Gasteiger partial charge in [0.15, 0.2) is 16.7 Å². The highest BCUT2D eigenvalue weighted by atomic mass is 35.5. The number of ether oxygens (including phenoxy) is 2. The zero-order chi connectivity index (χ0) is 26.5. The number of aliphatic imine (C=N–C) groups is 1. The number of thioether (sulfide) groups is 1. The predicted molar refractivity (Wildman–Crippen MR) is 147 cm³/mol. The van der Waals surface area contributed by atoms with E-state index < -0.39 is 5.97 Å². The van der Waals surface area contributed by atoms with Gasteiger partial charge in [0.25, 0.3) is 5.91 Å². The molecule has 1 aliphatic rings. The highest BCUT2D eigenvalue weighted by molar-refractivity contribution is 8.18. The smallest absolute Gasteiger partial charge is 0.335 e. The van der Waals surface area contributed by atoms with E-state index in [-0.39, 0.29) is 18.1 Å². The maximum atomic E-state index is 12.9. The van der Waals surface area contributed by atoms with Crippen molar-refractivity contribution in [2.45, 2.75) is 13.5 Å². The number of likely N-dealkylation sites (N-methyl/N-ethyl adjacent to an activating group) is 1. The van der Waals surface area contributed by atoms with Gasteiger partial charge in [-0.2, -0.15) is 0 Å². The minimum absolute atomic E-state index is 0.163. The fourth-order valence-electron chi connectivity index (χ4n) is 3.40. The van der Waals surface area contributed by atoms with Gasteiger partial charge in [-0.1, -0.05) is 35.3 Å². The van der Waals surface area contributed by atoms with Crippen molar-refractivity contribution in [2.75, 3.05) is 13.7 Å². The van der Waals surface area contributed by atoms with Crippen LogP contribution in [0.1, 0.15) is 28.4 Å². The first-order valence-corrected chi connectivity index (χ1v) is 12.8. The Balaban J connectivity index is 1.57. The summed E-state index contributed by atoms with van der Waals surface area (Å²) >= 11 is 13.7. The van der Waals surface area contributed by atoms with Crippen LogP contribution in [0.4, 0.5) is 5.69 Å². The molecular formula is C27H22Cl2N2O5S. The topological polar surface area (TPSA) is 88.4 Å². The molecule has 4 rings (SSSR count). The molecule has 0 spiro atoms. The van der Waals surface area contributed by atoms with Gasteiger partial charge in [0.2, 0.25) is 0 Å². The molecule has 190 valence electrons. The van der Waals surface area contributed by atoms with Gasteiger partial charge in [-0.15, -0.1) is 0 Å². The Morgan fingerprint density at radius 1 is 1.08 bits per heavy atom. The third-order valence-electron chi connectivity index (χ3n) is 5.27. The second kappa shape index (κ2) is 11.7. The average Bonchev–Trinajstić information content (AvgIpc) is 3.12. The number of aromatic carboxylic acids is 1. The van der Waals surface area contributed by atoms with Crippen molar-refractivity contribution in [3.63, 3.8) is 0 Å². The molecule has 7 nitrogen and oxygen atoms in total. The average molecular weight is 557 g/mol. The molecule has 0 bridgehead atoms. The van der Waals surface area contributed by atoms with Gasteiger partial charge in [0.05, 0.1) is 27.8 Å². The second-order valence-corrected chi connectivity index (χ2v) is 9.75. The third kappa shape index (κ3) is 6.46. The molecular weight excluding hydrogens is 535 g/mol. The normalized spacial score (nSPS) is 15.5. The molecule has 1 fully saturated rings. The number of carbonyl (C=O) groups excluding carboxylic acids is 1. The van der Waals surface area contributed by atoms with Crippen molar-refractivity contribution < 1.29 is 24.2 Å². The first-order chi connectivity index (χ1) is 17.7. The summed E-state index contributed by atoms with van der Waals surface area (Å²) in [6, 6.07) is 16.9. The highest BCUT2D eigenvalue weighted by Crippen LogP contribution is 2.39. The Kier molecular flexibility index (Phi) is 8.43. The first-order valence-electron chi connectivity index (χ1n) is 11.2. The molecule has 1 heterocycles. The lowest BCUT2D eigenvalue weighted by Crippen LogP contribution is -2.23. The minimum atomic E-state index is -1.02. The molecule has 0 radical (unpaired) electrons. The lowest BCUT2D eigenvalue weighted by molar-refractivity contribution is -0.121. The van der Waals surface area contributed by atoms with Gasteiger partial charge in [-0.25, -0.2) is 9.79 Å². The molecule has 1 aliphatic heterocycles. The molecule has 3 aromatic rings. The Morgan fingerprint density at radius 2 is 1.78 bits per heavy atom. The number of nitrogens with zero attached hydrogens (tertiary/aromatic N) is 2. The highest BCUT2D eigenvalue weighted by Gasteiger charge is 2.30. The fourth-order valence-corrected chi connectivity index (χ4v) is 4.79. The summed E-state index contributed by atoms with van der Waals surface area (Å²) in [5.74, 6) is -0.358. The summed E-state index contributed by atoms with van der Waals surface area (Å²) in [6.07, 6.45) is 1.72. The molecule has 1 saturated heterocycles. The summed E-state index contributed by atoms with van der Waals surface area (Å²) in [6.45, 7) is 2.55.